The molecule has 0 unspecified atom stereocenters. The van der Waals surface area contributed by atoms with Crippen molar-refractivity contribution in [3.05, 3.63) is 0 Å². The predicted octanol–water partition coefficient (Wildman–Crippen LogP) is 5.09. The molecule has 2 nitrogen and oxygen atoms in total. The summed E-state index contributed by atoms with van der Waals surface area (Å²) in [4.78, 5) is 0. The molecular formula is C11H22N2S2. The van der Waals surface area contributed by atoms with Gasteiger partial charge in [-0.15, -0.1) is 0 Å². The highest BCUT2D eigenvalue weighted by Crippen LogP contribution is 2.27. The number of hydrogen-bond acceptors (Lipinski definition) is 4. The molecule has 0 rings (SSSR count). The second kappa shape index (κ2) is 10.6. The van der Waals surface area contributed by atoms with Gasteiger partial charge in [0.15, 0.2) is 0 Å². The van der Waals surface area contributed by atoms with Gasteiger partial charge in [-0.3, -0.25) is 10.8 Å². The molecule has 0 saturated carbocycles. The van der Waals surface area contributed by atoms with Gasteiger partial charge in [-0.05, 0) is 47.3 Å². The molecule has 0 atom stereocenters. The molecule has 0 aromatic heterocycles. The van der Waals surface area contributed by atoms with Crippen LogP contribution < -0.4 is 0 Å². The van der Waals surface area contributed by atoms with Crippen molar-refractivity contribution in [1.29, 1.82) is 10.8 Å². The summed E-state index contributed by atoms with van der Waals surface area (Å²) in [6.07, 6.45) is 7.52. The Kier molecular flexibility index (Phi) is 10.6. The SMILES string of the molecule is CCCCCC(=N)SSC(=N)CCCC. The Morgan fingerprint density at radius 2 is 1.27 bits per heavy atom. The minimum atomic E-state index is 0.710. The summed E-state index contributed by atoms with van der Waals surface area (Å²) in [6, 6.07) is 0. The average molecular weight is 246 g/mol. The van der Waals surface area contributed by atoms with Gasteiger partial charge in [0.25, 0.3) is 0 Å². The average Bonchev–Trinajstić information content (AvgIpc) is 2.24. The smallest absolute Gasteiger partial charge is 0.0751 e. The fourth-order valence-corrected chi connectivity index (χ4v) is 2.82. The van der Waals surface area contributed by atoms with Crippen LogP contribution in [0.15, 0.2) is 0 Å². The van der Waals surface area contributed by atoms with E-state index in [-0.39, 0.29) is 0 Å². The van der Waals surface area contributed by atoms with Gasteiger partial charge >= 0.3 is 0 Å². The quantitative estimate of drug-likeness (QED) is 0.284. The first kappa shape index (κ1) is 15.0. The fourth-order valence-electron chi connectivity index (χ4n) is 1.06. The Hall–Kier alpha value is 0.0400. The molecule has 15 heavy (non-hydrogen) atoms. The molecule has 0 aliphatic carbocycles. The highest BCUT2D eigenvalue weighted by atomic mass is 33.1. The lowest BCUT2D eigenvalue weighted by Gasteiger charge is -2.03. The third kappa shape index (κ3) is 10.3. The monoisotopic (exact) mass is 246 g/mol. The summed E-state index contributed by atoms with van der Waals surface area (Å²) < 4.78 is 0. The first-order chi connectivity index (χ1) is 7.20. The minimum absolute atomic E-state index is 0.710. The third-order valence-electron chi connectivity index (χ3n) is 2.01. The van der Waals surface area contributed by atoms with E-state index >= 15 is 0 Å². The first-order valence-corrected chi connectivity index (χ1v) is 7.85. The van der Waals surface area contributed by atoms with Crippen LogP contribution in [0.2, 0.25) is 0 Å². The van der Waals surface area contributed by atoms with Gasteiger partial charge in [-0.1, -0.05) is 33.1 Å². The summed E-state index contributed by atoms with van der Waals surface area (Å²) in [5, 5.41) is 16.8. The van der Waals surface area contributed by atoms with Crippen molar-refractivity contribution >= 4 is 31.7 Å². The lowest BCUT2D eigenvalue weighted by Crippen LogP contribution is -1.91. The Labute approximate surface area is 101 Å². The zero-order valence-electron chi connectivity index (χ0n) is 9.77. The maximum Gasteiger partial charge on any atom is 0.0751 e. The first-order valence-electron chi connectivity index (χ1n) is 5.70. The van der Waals surface area contributed by atoms with Crippen molar-refractivity contribution in [2.45, 2.75) is 58.8 Å². The Bertz CT molecular complexity index is 193. The van der Waals surface area contributed by atoms with E-state index in [2.05, 4.69) is 13.8 Å². The lowest BCUT2D eigenvalue weighted by atomic mass is 10.2. The summed E-state index contributed by atoms with van der Waals surface area (Å²) in [5.41, 5.74) is 0. The van der Waals surface area contributed by atoms with Crippen molar-refractivity contribution in [3.63, 3.8) is 0 Å². The van der Waals surface area contributed by atoms with Crippen LogP contribution in [0.5, 0.6) is 0 Å². The number of rotatable bonds is 7. The van der Waals surface area contributed by atoms with Crippen LogP contribution in [0.4, 0.5) is 0 Å². The van der Waals surface area contributed by atoms with Gasteiger partial charge in [0.1, 0.15) is 0 Å². The maximum absolute atomic E-state index is 7.68. The van der Waals surface area contributed by atoms with Gasteiger partial charge in [-0.25, -0.2) is 0 Å². The molecule has 0 bridgehead atoms. The van der Waals surface area contributed by atoms with Gasteiger partial charge in [0, 0.05) is 0 Å². The fraction of sp³-hybridized carbons (Fsp3) is 0.818. The van der Waals surface area contributed by atoms with Crippen molar-refractivity contribution in [2.24, 2.45) is 0 Å². The molecule has 0 heterocycles. The summed E-state index contributed by atoms with van der Waals surface area (Å²) in [7, 11) is 2.92. The zero-order chi connectivity index (χ0) is 11.5. The topological polar surface area (TPSA) is 47.7 Å². The van der Waals surface area contributed by atoms with Gasteiger partial charge in [0.2, 0.25) is 0 Å². The van der Waals surface area contributed by atoms with Crippen LogP contribution in [-0.4, -0.2) is 10.1 Å². The Balaban J connectivity index is 3.40. The Morgan fingerprint density at radius 3 is 1.73 bits per heavy atom. The normalized spacial score (nSPS) is 10.3. The van der Waals surface area contributed by atoms with Crippen LogP contribution in [0.1, 0.15) is 58.8 Å². The molecule has 0 aromatic carbocycles. The van der Waals surface area contributed by atoms with E-state index in [4.69, 9.17) is 10.8 Å². The van der Waals surface area contributed by atoms with Gasteiger partial charge in [0.05, 0.1) is 10.1 Å². The van der Waals surface area contributed by atoms with E-state index in [1.165, 1.54) is 34.4 Å². The van der Waals surface area contributed by atoms with Crippen LogP contribution in [0.3, 0.4) is 0 Å². The molecule has 0 saturated heterocycles. The van der Waals surface area contributed by atoms with Gasteiger partial charge < -0.3 is 0 Å². The third-order valence-corrected chi connectivity index (χ3v) is 4.36. The van der Waals surface area contributed by atoms with Crippen LogP contribution >= 0.6 is 21.6 Å². The second-order valence-corrected chi connectivity index (χ2v) is 5.89. The molecule has 0 aliphatic heterocycles. The molecule has 4 heteroatoms. The molecule has 0 fully saturated rings. The standard InChI is InChI=1S/C11H22N2S2/c1-3-5-7-9-11(13)15-14-10(12)8-6-4-2/h12-13H,3-9H2,1-2H3. The number of hydrogen-bond donors (Lipinski definition) is 2. The molecule has 0 amide bonds. The maximum atomic E-state index is 7.68. The number of unbranched alkanes of at least 4 members (excludes halogenated alkanes) is 3. The zero-order valence-corrected chi connectivity index (χ0v) is 11.4. The highest BCUT2D eigenvalue weighted by Gasteiger charge is 2.02. The van der Waals surface area contributed by atoms with E-state index in [0.29, 0.717) is 5.04 Å². The van der Waals surface area contributed by atoms with Crippen LogP contribution in [-0.2, 0) is 0 Å². The molecule has 88 valence electrons. The highest BCUT2D eigenvalue weighted by molar-refractivity contribution is 8.87. The number of nitrogens with one attached hydrogen (secondary N) is 2. The van der Waals surface area contributed by atoms with Crippen LogP contribution in [0, 0.1) is 10.8 Å². The summed E-state index contributed by atoms with van der Waals surface area (Å²) in [6.45, 7) is 4.31. The second-order valence-electron chi connectivity index (χ2n) is 3.57. The largest absolute Gasteiger partial charge is 0.298 e. The van der Waals surface area contributed by atoms with E-state index in [9.17, 15) is 0 Å². The summed E-state index contributed by atoms with van der Waals surface area (Å²) in [5.74, 6) is 0. The predicted molar refractivity (Wildman–Crippen MR) is 74.3 cm³/mol. The van der Waals surface area contributed by atoms with Crippen molar-refractivity contribution in [3.8, 4) is 0 Å². The molecule has 2 N–H and O–H groups in total. The van der Waals surface area contributed by atoms with Crippen LogP contribution in [0.25, 0.3) is 0 Å². The Morgan fingerprint density at radius 1 is 0.800 bits per heavy atom. The van der Waals surface area contributed by atoms with E-state index in [1.807, 2.05) is 0 Å². The van der Waals surface area contributed by atoms with Crippen molar-refractivity contribution in [1.82, 2.24) is 0 Å². The van der Waals surface area contributed by atoms with Gasteiger partial charge in [-0.2, -0.15) is 0 Å². The summed E-state index contributed by atoms with van der Waals surface area (Å²) >= 11 is 0. The molecule has 0 aliphatic rings. The molecule has 0 spiro atoms. The van der Waals surface area contributed by atoms with Crippen molar-refractivity contribution in [2.75, 3.05) is 0 Å². The van der Waals surface area contributed by atoms with E-state index in [1.54, 1.807) is 0 Å². The molecule has 0 radical (unpaired) electrons. The lowest BCUT2D eigenvalue weighted by molar-refractivity contribution is 0.744. The van der Waals surface area contributed by atoms with Crippen molar-refractivity contribution < 1.29 is 0 Å². The van der Waals surface area contributed by atoms with E-state index in [0.717, 1.165) is 37.1 Å². The molecular weight excluding hydrogens is 224 g/mol. The minimum Gasteiger partial charge on any atom is -0.298 e. The molecule has 0 aromatic rings. The van der Waals surface area contributed by atoms with E-state index < -0.39 is 0 Å².